The van der Waals surface area contributed by atoms with Crippen molar-refractivity contribution in [3.63, 3.8) is 0 Å². The fourth-order valence-corrected chi connectivity index (χ4v) is 8.80. The highest BCUT2D eigenvalue weighted by Gasteiger charge is 2.60. The lowest BCUT2D eigenvalue weighted by molar-refractivity contribution is -0.0391. The van der Waals surface area contributed by atoms with E-state index in [0.29, 0.717) is 6.42 Å². The Hall–Kier alpha value is 0.310. The van der Waals surface area contributed by atoms with Gasteiger partial charge in [0.1, 0.15) is 14.0 Å². The molecule has 4 radical (unpaired) electrons. The Balaban J connectivity index is 3.38. The molecule has 1 rings (SSSR count). The molecule has 1 fully saturated rings. The molecule has 0 aromatic heterocycles. The molecule has 5 unspecified atom stereocenters. The van der Waals surface area contributed by atoms with Crippen LogP contribution >= 0.6 is 14.8 Å². The predicted molar refractivity (Wildman–Crippen MR) is 138 cm³/mol. The summed E-state index contributed by atoms with van der Waals surface area (Å²) >= 11 is 0. The maximum absolute atomic E-state index is 14.2. The van der Waals surface area contributed by atoms with Crippen LogP contribution in [0.5, 0.6) is 0 Å². The Kier molecular flexibility index (Phi) is 11.0. The first-order chi connectivity index (χ1) is 15.8. The first kappa shape index (κ1) is 33.3. The molecule has 1 saturated heterocycles. The molecule has 0 saturated carbocycles. The summed E-state index contributed by atoms with van der Waals surface area (Å²) in [6.07, 6.45) is -2.70. The molecule has 4 N–H and O–H groups in total. The molecule has 35 heavy (non-hydrogen) atoms. The number of hydrogen-bond acceptors (Lipinski definition) is 8. The zero-order chi connectivity index (χ0) is 27.7. The van der Waals surface area contributed by atoms with Gasteiger partial charge >= 0.3 is 7.60 Å². The number of hydrogen-bond donors (Lipinski definition) is 4. The Morgan fingerprint density at radius 1 is 0.886 bits per heavy atom. The van der Waals surface area contributed by atoms with Gasteiger partial charge in [-0.05, 0) is 52.9 Å². The molecule has 9 atom stereocenters. The van der Waals surface area contributed by atoms with Gasteiger partial charge in [-0.15, -0.1) is 0 Å². The van der Waals surface area contributed by atoms with E-state index in [-0.39, 0.29) is 32.1 Å². The highest BCUT2D eigenvalue weighted by molar-refractivity contribution is 7.84. The summed E-state index contributed by atoms with van der Waals surface area (Å²) in [7, 11) is 3.39. The minimum atomic E-state index is -4.61. The average molecular weight is 536 g/mol. The second kappa shape index (κ2) is 11.6. The van der Waals surface area contributed by atoms with E-state index >= 15 is 0 Å². The van der Waals surface area contributed by atoms with Crippen molar-refractivity contribution in [3.05, 3.63) is 0 Å². The molecule has 1 aliphatic heterocycles. The van der Waals surface area contributed by atoms with Crippen LogP contribution in [0.2, 0.25) is 0 Å². The molecule has 0 aliphatic carbocycles. The van der Waals surface area contributed by atoms with E-state index in [1.807, 2.05) is 0 Å². The summed E-state index contributed by atoms with van der Waals surface area (Å²) in [5, 5.41) is 27.6. The molecule has 0 aromatic carbocycles. The third kappa shape index (κ3) is 6.32. The standard InChI is InChI=1S/C22H44B2O9P2/c1-9-19(6,14-15-16(25)17(26)18(23)31-15)32-34(24,28)21(8,11-3)20(7,10-2)33-35(29,30)22(27,12-4)13-5/h15-18,25-27H,9-14H2,1-8H3,(H,29,30)/t15-,16-,17-,18-,19?,20?,21?,34?/m1/s1. The van der Waals surface area contributed by atoms with Crippen molar-refractivity contribution in [2.45, 2.75) is 140 Å². The van der Waals surface area contributed by atoms with Crippen LogP contribution in [0.1, 0.15) is 93.9 Å². The van der Waals surface area contributed by atoms with E-state index in [2.05, 4.69) is 0 Å². The highest BCUT2D eigenvalue weighted by Crippen LogP contribution is 2.69. The Labute approximate surface area is 213 Å². The van der Waals surface area contributed by atoms with Crippen molar-refractivity contribution in [1.82, 2.24) is 0 Å². The van der Waals surface area contributed by atoms with Gasteiger partial charge in [-0.25, -0.2) is 0 Å². The van der Waals surface area contributed by atoms with Gasteiger partial charge in [0.25, 0.3) is 0 Å². The van der Waals surface area contributed by atoms with Crippen LogP contribution in [0.15, 0.2) is 0 Å². The summed E-state index contributed by atoms with van der Waals surface area (Å²) in [6, 6.07) is -1.06. The molecular weight excluding hydrogens is 492 g/mol. The number of rotatable bonds is 14. The van der Waals surface area contributed by atoms with Crippen molar-refractivity contribution >= 4 is 30.3 Å². The second-order valence-corrected chi connectivity index (χ2v) is 14.7. The molecule has 1 heterocycles. The van der Waals surface area contributed by atoms with Gasteiger partial charge in [0.15, 0.2) is 12.6 Å². The highest BCUT2D eigenvalue weighted by atomic mass is 31.2. The van der Waals surface area contributed by atoms with Crippen LogP contribution in [-0.4, -0.2) is 81.6 Å². The maximum Gasteiger partial charge on any atom is 0.359 e. The maximum atomic E-state index is 14.2. The van der Waals surface area contributed by atoms with E-state index in [9.17, 15) is 29.3 Å². The number of ether oxygens (including phenoxy) is 1. The van der Waals surface area contributed by atoms with E-state index in [1.165, 1.54) is 0 Å². The van der Waals surface area contributed by atoms with Crippen molar-refractivity contribution < 1.29 is 43.1 Å². The molecular formula is C22H44B2O9P2. The normalized spacial score (nSPS) is 32.1. The van der Waals surface area contributed by atoms with Gasteiger partial charge in [0, 0.05) is 12.4 Å². The van der Waals surface area contributed by atoms with Crippen molar-refractivity contribution in [3.8, 4) is 0 Å². The van der Waals surface area contributed by atoms with Crippen LogP contribution in [0, 0.1) is 0 Å². The largest absolute Gasteiger partial charge is 0.388 e. The molecule has 202 valence electrons. The van der Waals surface area contributed by atoms with E-state index in [1.54, 1.807) is 55.4 Å². The number of aliphatic hydroxyl groups is 3. The lowest BCUT2D eigenvalue weighted by atomic mass is 9.85. The summed E-state index contributed by atoms with van der Waals surface area (Å²) in [6.45, 7) is 13.2. The summed E-state index contributed by atoms with van der Waals surface area (Å²) in [5.41, 5.74) is -2.66. The second-order valence-electron chi connectivity index (χ2n) is 10.3. The van der Waals surface area contributed by atoms with Crippen molar-refractivity contribution in [2.24, 2.45) is 0 Å². The predicted octanol–water partition coefficient (Wildman–Crippen LogP) is 3.59. The van der Waals surface area contributed by atoms with Gasteiger partial charge in [0.2, 0.25) is 7.57 Å². The Bertz CT molecular complexity index is 814. The minimum absolute atomic E-state index is 0.0116. The molecule has 1 aliphatic rings. The molecule has 0 amide bonds. The van der Waals surface area contributed by atoms with E-state index < -0.39 is 60.9 Å². The van der Waals surface area contributed by atoms with Crippen LogP contribution in [0.3, 0.4) is 0 Å². The fourth-order valence-electron chi connectivity index (χ4n) is 4.52. The average Bonchev–Trinajstić information content (AvgIpc) is 3.02. The first-order valence-corrected chi connectivity index (χ1v) is 15.7. The summed E-state index contributed by atoms with van der Waals surface area (Å²) in [4.78, 5) is 10.8. The smallest absolute Gasteiger partial charge is 0.359 e. The fraction of sp³-hybridized carbons (Fsp3) is 1.00. The minimum Gasteiger partial charge on any atom is -0.388 e. The quantitative estimate of drug-likeness (QED) is 0.194. The zero-order valence-corrected chi connectivity index (χ0v) is 24.2. The van der Waals surface area contributed by atoms with Crippen molar-refractivity contribution in [2.75, 3.05) is 0 Å². The van der Waals surface area contributed by atoms with Crippen LogP contribution in [-0.2, 0) is 22.9 Å². The van der Waals surface area contributed by atoms with Crippen molar-refractivity contribution in [1.29, 1.82) is 0 Å². The molecule has 13 heteroatoms. The lowest BCUT2D eigenvalue weighted by Crippen LogP contribution is -2.53. The van der Waals surface area contributed by atoms with Gasteiger partial charge in [-0.1, -0.05) is 34.6 Å². The molecule has 0 aromatic rings. The van der Waals surface area contributed by atoms with Gasteiger partial charge in [-0.2, -0.15) is 0 Å². The molecule has 0 bridgehead atoms. The lowest BCUT2D eigenvalue weighted by Gasteiger charge is -2.52. The Morgan fingerprint density at radius 2 is 1.40 bits per heavy atom. The summed E-state index contributed by atoms with van der Waals surface area (Å²) in [5.74, 6) is 0. The topological polar surface area (TPSA) is 143 Å². The number of aliphatic hydroxyl groups excluding tert-OH is 2. The van der Waals surface area contributed by atoms with Crippen LogP contribution < -0.4 is 0 Å². The third-order valence-electron chi connectivity index (χ3n) is 8.31. The van der Waals surface area contributed by atoms with Crippen LogP contribution in [0.25, 0.3) is 0 Å². The van der Waals surface area contributed by atoms with Crippen LogP contribution in [0.4, 0.5) is 0 Å². The first-order valence-electron chi connectivity index (χ1n) is 12.4. The van der Waals surface area contributed by atoms with Gasteiger partial charge < -0.3 is 34.0 Å². The molecule has 0 spiro atoms. The Morgan fingerprint density at radius 3 is 1.74 bits per heavy atom. The SMILES string of the molecule is [B][C@@H]1O[C@H](CC(C)(CC)OP([B])(=O)C(C)(CC)C(C)(CC)OP(=O)(O)C(O)(CC)CC)[C@@H](O)[C@H]1O. The van der Waals surface area contributed by atoms with Gasteiger partial charge in [0.05, 0.1) is 28.6 Å². The van der Waals surface area contributed by atoms with E-state index in [0.717, 1.165) is 0 Å². The monoisotopic (exact) mass is 536 g/mol. The summed E-state index contributed by atoms with van der Waals surface area (Å²) < 4.78 is 44.8. The zero-order valence-electron chi connectivity index (χ0n) is 22.4. The van der Waals surface area contributed by atoms with Gasteiger partial charge in [-0.3, -0.25) is 9.09 Å². The third-order valence-corrected chi connectivity index (χ3v) is 13.5. The van der Waals surface area contributed by atoms with E-state index in [4.69, 9.17) is 29.2 Å². The molecule has 9 nitrogen and oxygen atoms in total.